The summed E-state index contributed by atoms with van der Waals surface area (Å²) in [7, 11) is 3.26. The fourth-order valence-corrected chi connectivity index (χ4v) is 4.55. The number of aromatic nitrogens is 2. The van der Waals surface area contributed by atoms with Crippen LogP contribution in [0.1, 0.15) is 35.0 Å². The Labute approximate surface area is 174 Å². The number of thiophene rings is 1. The van der Waals surface area contributed by atoms with Crippen LogP contribution in [-0.4, -0.2) is 37.4 Å². The Kier molecular flexibility index (Phi) is 5.69. The molecular formula is C22H25N3O3S. The monoisotopic (exact) mass is 411 g/mol. The molecule has 7 heteroatoms. The molecule has 1 N–H and O–H groups in total. The van der Waals surface area contributed by atoms with Crippen molar-refractivity contribution in [2.75, 3.05) is 32.8 Å². The van der Waals surface area contributed by atoms with Crippen molar-refractivity contribution in [3.8, 4) is 11.5 Å². The number of anilines is 1. The molecule has 0 bridgehead atoms. The van der Waals surface area contributed by atoms with Crippen molar-refractivity contribution in [3.63, 3.8) is 0 Å². The van der Waals surface area contributed by atoms with Gasteiger partial charge < -0.3 is 19.5 Å². The zero-order chi connectivity index (χ0) is 20.4. The van der Waals surface area contributed by atoms with Gasteiger partial charge in [0.1, 0.15) is 11.6 Å². The third-order valence-electron chi connectivity index (χ3n) is 5.00. The van der Waals surface area contributed by atoms with Gasteiger partial charge in [0.2, 0.25) is 0 Å². The van der Waals surface area contributed by atoms with E-state index in [1.54, 1.807) is 14.2 Å². The summed E-state index contributed by atoms with van der Waals surface area (Å²) in [5, 5.41) is 4.47. The first-order valence-electron chi connectivity index (χ1n) is 9.63. The Morgan fingerprint density at radius 1 is 1.14 bits per heavy atom. The summed E-state index contributed by atoms with van der Waals surface area (Å²) in [4.78, 5) is 11.8. The molecule has 1 atom stereocenters. The molecule has 4 rings (SSSR count). The first kappa shape index (κ1) is 19.7. The lowest BCUT2D eigenvalue weighted by atomic mass is 10.1. The predicted molar refractivity (Wildman–Crippen MR) is 117 cm³/mol. The van der Waals surface area contributed by atoms with E-state index in [2.05, 4.69) is 40.4 Å². The molecule has 0 saturated carbocycles. The molecule has 152 valence electrons. The number of rotatable bonds is 6. The van der Waals surface area contributed by atoms with Crippen molar-refractivity contribution < 1.29 is 14.2 Å². The van der Waals surface area contributed by atoms with Gasteiger partial charge in [0.25, 0.3) is 0 Å². The molecule has 6 nitrogen and oxygen atoms in total. The molecule has 2 aromatic heterocycles. The maximum Gasteiger partial charge on any atom is 0.162 e. The quantitative estimate of drug-likeness (QED) is 0.616. The molecule has 0 amide bonds. The van der Waals surface area contributed by atoms with Gasteiger partial charge >= 0.3 is 0 Å². The second-order valence-electron chi connectivity index (χ2n) is 6.97. The van der Waals surface area contributed by atoms with E-state index in [0.29, 0.717) is 23.9 Å². The average Bonchev–Trinajstić information content (AvgIpc) is 3.24. The number of hydrogen-bond donors (Lipinski definition) is 1. The summed E-state index contributed by atoms with van der Waals surface area (Å²) < 4.78 is 16.3. The Bertz CT molecular complexity index is 1060. The Morgan fingerprint density at radius 3 is 2.66 bits per heavy atom. The van der Waals surface area contributed by atoms with Gasteiger partial charge in [-0.15, -0.1) is 11.3 Å². The second-order valence-corrected chi connectivity index (χ2v) is 8.08. The Morgan fingerprint density at radius 2 is 1.93 bits per heavy atom. The Balaban J connectivity index is 1.65. The second kappa shape index (κ2) is 8.39. The van der Waals surface area contributed by atoms with E-state index >= 15 is 0 Å². The third-order valence-corrected chi connectivity index (χ3v) is 6.34. The molecule has 29 heavy (non-hydrogen) atoms. The van der Waals surface area contributed by atoms with Gasteiger partial charge in [0.15, 0.2) is 11.5 Å². The minimum Gasteiger partial charge on any atom is -0.493 e. The van der Waals surface area contributed by atoms with Gasteiger partial charge in [-0.1, -0.05) is 6.08 Å². The summed E-state index contributed by atoms with van der Waals surface area (Å²) in [6.07, 6.45) is 3.15. The number of fused-ring (bicyclic) bond motifs is 1. The number of hydrogen-bond acceptors (Lipinski definition) is 7. The van der Waals surface area contributed by atoms with Gasteiger partial charge in [0, 0.05) is 21.2 Å². The lowest BCUT2D eigenvalue weighted by Gasteiger charge is -2.17. The summed E-state index contributed by atoms with van der Waals surface area (Å²) in [5.41, 5.74) is 2.20. The largest absolute Gasteiger partial charge is 0.493 e. The topological polar surface area (TPSA) is 65.5 Å². The van der Waals surface area contributed by atoms with Crippen LogP contribution in [0.2, 0.25) is 0 Å². The summed E-state index contributed by atoms with van der Waals surface area (Å²) in [5.74, 6) is 2.82. The molecule has 3 heterocycles. The number of benzene rings is 1. The van der Waals surface area contributed by atoms with Crippen LogP contribution < -0.4 is 14.8 Å². The molecule has 0 spiro atoms. The lowest BCUT2D eigenvalue weighted by molar-refractivity contribution is 0.161. The number of aryl methyl sites for hydroxylation is 1. The molecular weight excluding hydrogens is 386 g/mol. The predicted octanol–water partition coefficient (Wildman–Crippen LogP) is 4.99. The zero-order valence-electron chi connectivity index (χ0n) is 17.1. The molecule has 1 aromatic carbocycles. The maximum absolute atomic E-state index is 5.47. The van der Waals surface area contributed by atoms with Crippen molar-refractivity contribution in [3.05, 3.63) is 45.9 Å². The van der Waals surface area contributed by atoms with Crippen LogP contribution in [0.3, 0.4) is 0 Å². The molecule has 0 fully saturated rings. The molecule has 1 aliphatic heterocycles. The SMILES string of the molecule is COc1cc2nc(C)nc(NC(C)c3ccc(C4=CCOCC4)s3)c2cc1OC. The number of nitrogens with zero attached hydrogens (tertiary/aromatic N) is 2. The first-order chi connectivity index (χ1) is 14.1. The molecule has 3 aromatic rings. The van der Waals surface area contributed by atoms with Crippen molar-refractivity contribution in [1.29, 1.82) is 0 Å². The summed E-state index contributed by atoms with van der Waals surface area (Å²) in [6, 6.07) is 8.31. The molecule has 1 aliphatic rings. The Hall–Kier alpha value is -2.64. The maximum atomic E-state index is 5.47. The van der Waals surface area contributed by atoms with Crippen molar-refractivity contribution in [1.82, 2.24) is 9.97 Å². The standard InChI is InChI=1S/C22H25N3O3S/c1-13(20-5-6-21(29-20)15-7-9-28-10-8-15)23-22-16-11-18(26-3)19(27-4)12-17(16)24-14(2)25-22/h5-7,11-13H,8-10H2,1-4H3,(H,23,24,25). The fourth-order valence-electron chi connectivity index (χ4n) is 3.47. The highest BCUT2D eigenvalue weighted by molar-refractivity contribution is 7.13. The van der Waals surface area contributed by atoms with Crippen LogP contribution in [0.15, 0.2) is 30.3 Å². The van der Waals surface area contributed by atoms with E-state index in [9.17, 15) is 0 Å². The number of ether oxygens (including phenoxy) is 3. The van der Waals surface area contributed by atoms with Gasteiger partial charge in [0.05, 0.1) is 39.0 Å². The fraction of sp³-hybridized carbons (Fsp3) is 0.364. The zero-order valence-corrected chi connectivity index (χ0v) is 17.9. The lowest BCUT2D eigenvalue weighted by Crippen LogP contribution is -2.08. The summed E-state index contributed by atoms with van der Waals surface area (Å²) in [6.45, 7) is 5.54. The smallest absolute Gasteiger partial charge is 0.162 e. The van der Waals surface area contributed by atoms with E-state index in [0.717, 1.165) is 29.7 Å². The van der Waals surface area contributed by atoms with E-state index in [-0.39, 0.29) is 6.04 Å². The van der Waals surface area contributed by atoms with Gasteiger partial charge in [-0.25, -0.2) is 9.97 Å². The van der Waals surface area contributed by atoms with E-state index in [1.165, 1.54) is 15.3 Å². The minimum atomic E-state index is 0.111. The van der Waals surface area contributed by atoms with Crippen molar-refractivity contribution in [2.24, 2.45) is 0 Å². The average molecular weight is 412 g/mol. The van der Waals surface area contributed by atoms with Gasteiger partial charge in [-0.05, 0) is 44.0 Å². The summed E-state index contributed by atoms with van der Waals surface area (Å²) >= 11 is 1.82. The molecule has 0 saturated heterocycles. The molecule has 0 aliphatic carbocycles. The molecule has 1 unspecified atom stereocenters. The van der Waals surface area contributed by atoms with Crippen molar-refractivity contribution in [2.45, 2.75) is 26.3 Å². The van der Waals surface area contributed by atoms with Gasteiger partial charge in [-0.2, -0.15) is 0 Å². The van der Waals surface area contributed by atoms with E-state index in [4.69, 9.17) is 14.2 Å². The first-order valence-corrected chi connectivity index (χ1v) is 10.4. The third kappa shape index (κ3) is 4.06. The van der Waals surface area contributed by atoms with Crippen molar-refractivity contribution >= 4 is 33.6 Å². The van der Waals surface area contributed by atoms with E-state index in [1.807, 2.05) is 30.4 Å². The van der Waals surface area contributed by atoms with E-state index < -0.39 is 0 Å². The minimum absolute atomic E-state index is 0.111. The van der Waals surface area contributed by atoms with Crippen LogP contribution in [0, 0.1) is 6.92 Å². The highest BCUT2D eigenvalue weighted by Crippen LogP contribution is 2.36. The van der Waals surface area contributed by atoms with Crippen LogP contribution in [0.5, 0.6) is 11.5 Å². The highest BCUT2D eigenvalue weighted by atomic mass is 32.1. The van der Waals surface area contributed by atoms with Crippen LogP contribution >= 0.6 is 11.3 Å². The van der Waals surface area contributed by atoms with Crippen LogP contribution in [-0.2, 0) is 4.74 Å². The number of methoxy groups -OCH3 is 2. The van der Waals surface area contributed by atoms with Crippen LogP contribution in [0.4, 0.5) is 5.82 Å². The number of nitrogens with one attached hydrogen (secondary N) is 1. The molecule has 0 radical (unpaired) electrons. The normalized spacial score (nSPS) is 15.1. The highest BCUT2D eigenvalue weighted by Gasteiger charge is 2.16. The van der Waals surface area contributed by atoms with Crippen LogP contribution in [0.25, 0.3) is 16.5 Å². The van der Waals surface area contributed by atoms with Gasteiger partial charge in [-0.3, -0.25) is 0 Å².